The summed E-state index contributed by atoms with van der Waals surface area (Å²) in [6.45, 7) is 1.89. The second-order valence-electron chi connectivity index (χ2n) is 4.30. The molecule has 0 spiro atoms. The number of carbonyl (C=O) groups is 1. The van der Waals surface area contributed by atoms with E-state index in [1.165, 1.54) is 26.4 Å². The van der Waals surface area contributed by atoms with Crippen LogP contribution in [0.25, 0.3) is 0 Å². The lowest BCUT2D eigenvalue weighted by atomic mass is 10.2. The van der Waals surface area contributed by atoms with Gasteiger partial charge in [-0.25, -0.2) is 13.2 Å². The van der Waals surface area contributed by atoms with Gasteiger partial charge in [0.05, 0.1) is 17.3 Å². The van der Waals surface area contributed by atoms with Gasteiger partial charge in [-0.1, -0.05) is 0 Å². The van der Waals surface area contributed by atoms with Crippen molar-refractivity contribution >= 4 is 15.8 Å². The molecule has 0 amide bonds. The van der Waals surface area contributed by atoms with E-state index < -0.39 is 21.1 Å². The number of carboxylic acids is 1. The summed E-state index contributed by atoms with van der Waals surface area (Å²) in [6, 6.07) is 3.82. The van der Waals surface area contributed by atoms with Crippen molar-refractivity contribution in [1.82, 2.24) is 0 Å². The van der Waals surface area contributed by atoms with Gasteiger partial charge in [-0.15, -0.1) is 0 Å². The quantitative estimate of drug-likeness (QED) is 0.822. The third-order valence-electron chi connectivity index (χ3n) is 2.99. The van der Waals surface area contributed by atoms with Crippen LogP contribution in [0.5, 0.6) is 5.75 Å². The first-order valence-corrected chi connectivity index (χ1v) is 7.53. The summed E-state index contributed by atoms with van der Waals surface area (Å²) in [4.78, 5) is 11.1. The number of aromatic carboxylic acids is 1. The molecule has 1 unspecified atom stereocenters. The number of hydrogen-bond donors (Lipinski definition) is 1. The van der Waals surface area contributed by atoms with Gasteiger partial charge in [-0.05, 0) is 31.5 Å². The zero-order valence-corrected chi connectivity index (χ0v) is 12.4. The molecule has 0 saturated carbocycles. The van der Waals surface area contributed by atoms with Crippen LogP contribution in [0.4, 0.5) is 0 Å². The molecule has 0 aliphatic heterocycles. The normalized spacial score (nSPS) is 12.9. The van der Waals surface area contributed by atoms with Crippen LogP contribution >= 0.6 is 0 Å². The van der Waals surface area contributed by atoms with Gasteiger partial charge in [0, 0.05) is 13.7 Å². The van der Waals surface area contributed by atoms with E-state index in [4.69, 9.17) is 14.6 Å². The van der Waals surface area contributed by atoms with Crippen molar-refractivity contribution in [2.75, 3.05) is 20.8 Å². The van der Waals surface area contributed by atoms with Gasteiger partial charge in [0.1, 0.15) is 11.3 Å². The summed E-state index contributed by atoms with van der Waals surface area (Å²) in [6.07, 6.45) is 0.341. The van der Waals surface area contributed by atoms with Crippen molar-refractivity contribution < 1.29 is 27.8 Å². The molecule has 0 aliphatic carbocycles. The maximum absolute atomic E-state index is 12.3. The van der Waals surface area contributed by atoms with E-state index in [-0.39, 0.29) is 16.2 Å². The lowest BCUT2D eigenvalue weighted by Crippen LogP contribution is -2.20. The average Bonchev–Trinajstić information content (AvgIpc) is 2.43. The second-order valence-corrected chi connectivity index (χ2v) is 6.67. The Hall–Kier alpha value is -1.60. The maximum atomic E-state index is 12.3. The molecule has 0 fully saturated rings. The first-order valence-electron chi connectivity index (χ1n) is 5.98. The van der Waals surface area contributed by atoms with Crippen LogP contribution in [-0.2, 0) is 14.6 Å². The van der Waals surface area contributed by atoms with E-state index in [9.17, 15) is 13.2 Å². The molecule has 0 radical (unpaired) electrons. The van der Waals surface area contributed by atoms with Crippen LogP contribution in [0.15, 0.2) is 23.1 Å². The summed E-state index contributed by atoms with van der Waals surface area (Å²) in [5.41, 5.74) is -0.174. The van der Waals surface area contributed by atoms with Crippen LogP contribution in [0, 0.1) is 0 Å². The predicted molar refractivity (Wildman–Crippen MR) is 73.1 cm³/mol. The molecular formula is C13H18O6S. The van der Waals surface area contributed by atoms with E-state index in [1.807, 2.05) is 0 Å². The molecule has 0 heterocycles. The van der Waals surface area contributed by atoms with Gasteiger partial charge in [0.15, 0.2) is 9.84 Å². The molecule has 1 aromatic carbocycles. The van der Waals surface area contributed by atoms with Gasteiger partial charge >= 0.3 is 5.97 Å². The zero-order chi connectivity index (χ0) is 15.3. The van der Waals surface area contributed by atoms with Gasteiger partial charge < -0.3 is 14.6 Å². The highest BCUT2D eigenvalue weighted by Crippen LogP contribution is 2.25. The third kappa shape index (κ3) is 3.49. The summed E-state index contributed by atoms with van der Waals surface area (Å²) >= 11 is 0. The molecule has 0 aromatic heterocycles. The maximum Gasteiger partial charge on any atom is 0.339 e. The van der Waals surface area contributed by atoms with E-state index in [1.54, 1.807) is 6.92 Å². The van der Waals surface area contributed by atoms with Crippen molar-refractivity contribution in [3.63, 3.8) is 0 Å². The summed E-state index contributed by atoms with van der Waals surface area (Å²) < 4.78 is 34.4. The fourth-order valence-corrected chi connectivity index (χ4v) is 3.11. The molecule has 0 aliphatic rings. The topological polar surface area (TPSA) is 89.9 Å². The van der Waals surface area contributed by atoms with E-state index in [2.05, 4.69) is 0 Å². The number of carboxylic acid groups (broad SMARTS) is 1. The molecule has 0 bridgehead atoms. The molecule has 112 valence electrons. The Balaban J connectivity index is 3.19. The largest absolute Gasteiger partial charge is 0.496 e. The SMILES string of the molecule is COCCC(C)S(=O)(=O)c1ccc(OC)c(C(=O)O)c1. The van der Waals surface area contributed by atoms with Crippen molar-refractivity contribution in [2.24, 2.45) is 0 Å². The fraction of sp³-hybridized carbons (Fsp3) is 0.462. The standard InChI is InChI=1S/C13H18O6S/c1-9(6-7-18-2)20(16,17)10-4-5-12(19-3)11(8-10)13(14)15/h4-5,8-9H,6-7H2,1-3H3,(H,14,15). The molecule has 1 aromatic rings. The Bertz CT molecular complexity index is 579. The summed E-state index contributed by atoms with van der Waals surface area (Å²) in [7, 11) is -0.765. The van der Waals surface area contributed by atoms with Gasteiger partial charge in [-0.2, -0.15) is 0 Å². The number of sulfone groups is 1. The number of benzene rings is 1. The molecule has 7 heteroatoms. The average molecular weight is 302 g/mol. The lowest BCUT2D eigenvalue weighted by Gasteiger charge is -2.14. The molecule has 20 heavy (non-hydrogen) atoms. The van der Waals surface area contributed by atoms with Crippen LogP contribution < -0.4 is 4.74 Å². The van der Waals surface area contributed by atoms with E-state index in [0.29, 0.717) is 13.0 Å². The minimum Gasteiger partial charge on any atom is -0.496 e. The highest BCUT2D eigenvalue weighted by molar-refractivity contribution is 7.92. The Morgan fingerprint density at radius 1 is 1.35 bits per heavy atom. The first-order chi connectivity index (χ1) is 9.34. The molecule has 6 nitrogen and oxygen atoms in total. The van der Waals surface area contributed by atoms with E-state index in [0.717, 1.165) is 6.07 Å². The first kappa shape index (κ1) is 16.5. The van der Waals surface area contributed by atoms with Gasteiger partial charge in [0.2, 0.25) is 0 Å². The fourth-order valence-electron chi connectivity index (χ4n) is 1.70. The number of hydrogen-bond acceptors (Lipinski definition) is 5. The van der Waals surface area contributed by atoms with Gasteiger partial charge in [0.25, 0.3) is 0 Å². The number of rotatable bonds is 7. The molecular weight excluding hydrogens is 284 g/mol. The Morgan fingerprint density at radius 2 is 2.00 bits per heavy atom. The zero-order valence-electron chi connectivity index (χ0n) is 11.6. The third-order valence-corrected chi connectivity index (χ3v) is 5.19. The number of methoxy groups -OCH3 is 2. The highest BCUT2D eigenvalue weighted by Gasteiger charge is 2.25. The Labute approximate surface area is 118 Å². The van der Waals surface area contributed by atoms with Crippen molar-refractivity contribution in [2.45, 2.75) is 23.5 Å². The van der Waals surface area contributed by atoms with E-state index >= 15 is 0 Å². The molecule has 1 N–H and O–H groups in total. The summed E-state index contributed by atoms with van der Waals surface area (Å²) in [5.74, 6) is -1.11. The Kier molecular flexibility index (Phi) is 5.52. The van der Waals surface area contributed by atoms with Crippen LogP contribution in [0.2, 0.25) is 0 Å². The lowest BCUT2D eigenvalue weighted by molar-refractivity contribution is 0.0693. The van der Waals surface area contributed by atoms with Crippen LogP contribution in [0.1, 0.15) is 23.7 Å². The molecule has 1 atom stereocenters. The molecule has 1 rings (SSSR count). The smallest absolute Gasteiger partial charge is 0.339 e. The number of ether oxygens (including phenoxy) is 2. The minimum atomic E-state index is -3.59. The monoisotopic (exact) mass is 302 g/mol. The predicted octanol–water partition coefficient (Wildman–Crippen LogP) is 1.59. The second kappa shape index (κ2) is 6.71. The minimum absolute atomic E-state index is 0.0284. The molecule has 0 saturated heterocycles. The van der Waals surface area contributed by atoms with Gasteiger partial charge in [-0.3, -0.25) is 0 Å². The van der Waals surface area contributed by atoms with Crippen LogP contribution in [-0.4, -0.2) is 45.6 Å². The van der Waals surface area contributed by atoms with Crippen molar-refractivity contribution in [1.29, 1.82) is 0 Å². The van der Waals surface area contributed by atoms with Crippen molar-refractivity contribution in [3.8, 4) is 5.75 Å². The van der Waals surface area contributed by atoms with Crippen molar-refractivity contribution in [3.05, 3.63) is 23.8 Å². The Morgan fingerprint density at radius 3 is 2.50 bits per heavy atom. The summed E-state index contributed by atoms with van der Waals surface area (Å²) in [5, 5.41) is 8.42. The highest BCUT2D eigenvalue weighted by atomic mass is 32.2. The van der Waals surface area contributed by atoms with Crippen LogP contribution in [0.3, 0.4) is 0 Å².